The van der Waals surface area contributed by atoms with Crippen LogP contribution in [0.4, 0.5) is 5.82 Å². The molecule has 3 heterocycles. The number of nitrogens with zero attached hydrogens (tertiary/aromatic N) is 3. The molecule has 148 valence electrons. The summed E-state index contributed by atoms with van der Waals surface area (Å²) in [6.45, 7) is 5.95. The van der Waals surface area contributed by atoms with Gasteiger partial charge in [-0.2, -0.15) is 0 Å². The van der Waals surface area contributed by atoms with Crippen molar-refractivity contribution in [3.05, 3.63) is 81.9 Å². The number of H-pyrrole nitrogens is 1. The van der Waals surface area contributed by atoms with Gasteiger partial charge in [0.1, 0.15) is 11.6 Å². The monoisotopic (exact) mass is 386 g/mol. The average Bonchev–Trinajstić information content (AvgIpc) is 2.79. The van der Waals surface area contributed by atoms with E-state index >= 15 is 0 Å². The second kappa shape index (κ2) is 8.43. The van der Waals surface area contributed by atoms with Crippen LogP contribution >= 0.6 is 0 Å². The van der Waals surface area contributed by atoms with Crippen molar-refractivity contribution in [2.24, 2.45) is 0 Å². The first-order chi connectivity index (χ1) is 14.2. The lowest BCUT2D eigenvalue weighted by molar-refractivity contribution is 0.816. The summed E-state index contributed by atoms with van der Waals surface area (Å²) in [4.78, 5) is 26.0. The van der Waals surface area contributed by atoms with E-state index in [1.165, 1.54) is 16.7 Å². The van der Waals surface area contributed by atoms with Crippen molar-refractivity contribution in [3.63, 3.8) is 0 Å². The number of benzene rings is 1. The molecule has 0 atom stereocenters. The molecule has 0 radical (unpaired) electrons. The van der Waals surface area contributed by atoms with E-state index in [9.17, 15) is 4.79 Å². The van der Waals surface area contributed by atoms with Crippen molar-refractivity contribution in [1.29, 1.82) is 0 Å². The van der Waals surface area contributed by atoms with E-state index < -0.39 is 0 Å². The summed E-state index contributed by atoms with van der Waals surface area (Å²) >= 11 is 0. The maximum absolute atomic E-state index is 11.8. The minimum Gasteiger partial charge on any atom is -0.353 e. The van der Waals surface area contributed by atoms with E-state index in [-0.39, 0.29) is 5.56 Å². The molecular formula is C24H26N4O. The lowest BCUT2D eigenvalue weighted by atomic mass is 9.98. The molecule has 1 aliphatic heterocycles. The number of aromatic nitrogens is 3. The van der Waals surface area contributed by atoms with E-state index in [1.54, 1.807) is 12.3 Å². The zero-order chi connectivity index (χ0) is 20.2. The Hall–Kier alpha value is -3.21. The zero-order valence-corrected chi connectivity index (χ0v) is 17.0. The highest BCUT2D eigenvalue weighted by molar-refractivity contribution is 5.68. The topological polar surface area (TPSA) is 61.9 Å². The minimum atomic E-state index is -0.128. The molecule has 1 aliphatic rings. The summed E-state index contributed by atoms with van der Waals surface area (Å²) in [6, 6.07) is 14.4. The Morgan fingerprint density at radius 3 is 2.45 bits per heavy atom. The summed E-state index contributed by atoms with van der Waals surface area (Å²) in [5.74, 6) is 1.52. The van der Waals surface area contributed by atoms with E-state index in [0.29, 0.717) is 5.82 Å². The molecule has 0 amide bonds. The standard InChI is InChI=1S/C24H26N4O/c1-3-17-5-7-18(8-6-17)19-11-13-28(14-12-19)22-10-9-20(16-25-22)24-26-21(4-2)15-23(29)27-24/h5-11,15-16H,3-4,12-14H2,1-2H3,(H,26,27,29). The summed E-state index contributed by atoms with van der Waals surface area (Å²) < 4.78 is 0. The van der Waals surface area contributed by atoms with Gasteiger partial charge in [0, 0.05) is 36.6 Å². The van der Waals surface area contributed by atoms with Crippen LogP contribution in [0.1, 0.15) is 37.1 Å². The van der Waals surface area contributed by atoms with Crippen LogP contribution in [0.25, 0.3) is 17.0 Å². The van der Waals surface area contributed by atoms with Crippen molar-refractivity contribution in [3.8, 4) is 11.4 Å². The maximum atomic E-state index is 11.8. The Morgan fingerprint density at radius 2 is 1.83 bits per heavy atom. The average molecular weight is 386 g/mol. The summed E-state index contributed by atoms with van der Waals surface area (Å²) in [7, 11) is 0. The Morgan fingerprint density at radius 1 is 1.03 bits per heavy atom. The first-order valence-electron chi connectivity index (χ1n) is 10.3. The number of aryl methyl sites for hydroxylation is 2. The predicted octanol–water partition coefficient (Wildman–Crippen LogP) is 4.25. The van der Waals surface area contributed by atoms with Gasteiger partial charge in [-0.3, -0.25) is 4.79 Å². The molecule has 0 saturated heterocycles. The van der Waals surface area contributed by atoms with E-state index in [4.69, 9.17) is 0 Å². The van der Waals surface area contributed by atoms with Crippen LogP contribution in [0.15, 0.2) is 59.5 Å². The Balaban J connectivity index is 1.48. The molecule has 0 fully saturated rings. The fourth-order valence-electron chi connectivity index (χ4n) is 3.63. The fourth-order valence-corrected chi connectivity index (χ4v) is 3.63. The van der Waals surface area contributed by atoms with Crippen molar-refractivity contribution in [2.75, 3.05) is 18.0 Å². The smallest absolute Gasteiger partial charge is 0.251 e. The first kappa shape index (κ1) is 19.1. The Bertz CT molecular complexity index is 1070. The van der Waals surface area contributed by atoms with Gasteiger partial charge in [0.15, 0.2) is 0 Å². The van der Waals surface area contributed by atoms with Gasteiger partial charge < -0.3 is 9.88 Å². The van der Waals surface area contributed by atoms with Crippen LogP contribution in [0.3, 0.4) is 0 Å². The second-order valence-corrected chi connectivity index (χ2v) is 7.32. The third kappa shape index (κ3) is 4.29. The highest BCUT2D eigenvalue weighted by Crippen LogP contribution is 2.26. The molecule has 29 heavy (non-hydrogen) atoms. The molecule has 2 aromatic heterocycles. The normalized spacial score (nSPS) is 14.0. The van der Waals surface area contributed by atoms with Gasteiger partial charge in [0.05, 0.1) is 0 Å². The van der Waals surface area contributed by atoms with Crippen LogP contribution in [-0.4, -0.2) is 28.0 Å². The summed E-state index contributed by atoms with van der Waals surface area (Å²) in [5, 5.41) is 0. The number of anilines is 1. The largest absolute Gasteiger partial charge is 0.353 e. The van der Waals surface area contributed by atoms with Crippen molar-refractivity contribution in [1.82, 2.24) is 15.0 Å². The van der Waals surface area contributed by atoms with Crippen molar-refractivity contribution >= 4 is 11.4 Å². The Kier molecular flexibility index (Phi) is 5.56. The van der Waals surface area contributed by atoms with E-state index in [2.05, 4.69) is 57.1 Å². The van der Waals surface area contributed by atoms with Crippen LogP contribution in [0.5, 0.6) is 0 Å². The molecule has 5 nitrogen and oxygen atoms in total. The van der Waals surface area contributed by atoms with Crippen LogP contribution < -0.4 is 10.5 Å². The van der Waals surface area contributed by atoms with Crippen molar-refractivity contribution < 1.29 is 0 Å². The van der Waals surface area contributed by atoms with Gasteiger partial charge in [0.25, 0.3) is 5.56 Å². The number of pyridine rings is 1. The zero-order valence-electron chi connectivity index (χ0n) is 17.0. The van der Waals surface area contributed by atoms with Gasteiger partial charge >= 0.3 is 0 Å². The molecule has 4 rings (SSSR count). The molecule has 0 spiro atoms. The van der Waals surface area contributed by atoms with E-state index in [0.717, 1.165) is 49.4 Å². The third-order valence-corrected chi connectivity index (χ3v) is 5.44. The molecule has 0 bridgehead atoms. The summed E-state index contributed by atoms with van der Waals surface area (Å²) in [5.41, 5.74) is 5.57. The molecule has 0 unspecified atom stereocenters. The number of aromatic amines is 1. The quantitative estimate of drug-likeness (QED) is 0.712. The van der Waals surface area contributed by atoms with Gasteiger partial charge in [0.2, 0.25) is 0 Å². The predicted molar refractivity (Wildman–Crippen MR) is 118 cm³/mol. The molecule has 5 heteroatoms. The fraction of sp³-hybridized carbons (Fsp3) is 0.292. The number of rotatable bonds is 5. The van der Waals surface area contributed by atoms with Gasteiger partial charge in [-0.1, -0.05) is 44.2 Å². The van der Waals surface area contributed by atoms with Crippen LogP contribution in [-0.2, 0) is 12.8 Å². The SMILES string of the molecule is CCc1ccc(C2=CCN(c3ccc(-c4nc(CC)cc(=O)[nH]4)cn3)CC2)cc1. The third-order valence-electron chi connectivity index (χ3n) is 5.44. The highest BCUT2D eigenvalue weighted by Gasteiger charge is 2.15. The minimum absolute atomic E-state index is 0.128. The van der Waals surface area contributed by atoms with Gasteiger partial charge in [-0.25, -0.2) is 9.97 Å². The van der Waals surface area contributed by atoms with Gasteiger partial charge in [-0.15, -0.1) is 0 Å². The molecular weight excluding hydrogens is 360 g/mol. The second-order valence-electron chi connectivity index (χ2n) is 7.32. The van der Waals surface area contributed by atoms with Crippen LogP contribution in [0.2, 0.25) is 0 Å². The number of hydrogen-bond acceptors (Lipinski definition) is 4. The summed E-state index contributed by atoms with van der Waals surface area (Å²) in [6.07, 6.45) is 6.88. The molecule has 1 N–H and O–H groups in total. The van der Waals surface area contributed by atoms with Gasteiger partial charge in [-0.05, 0) is 48.1 Å². The lowest BCUT2D eigenvalue weighted by Crippen LogP contribution is -2.28. The maximum Gasteiger partial charge on any atom is 0.251 e. The first-order valence-corrected chi connectivity index (χ1v) is 10.3. The Labute approximate surface area is 171 Å². The molecule has 0 saturated carbocycles. The highest BCUT2D eigenvalue weighted by atomic mass is 16.1. The van der Waals surface area contributed by atoms with E-state index in [1.807, 2.05) is 19.1 Å². The number of nitrogens with one attached hydrogen (secondary N) is 1. The lowest BCUT2D eigenvalue weighted by Gasteiger charge is -2.27. The molecule has 0 aliphatic carbocycles. The number of hydrogen-bond donors (Lipinski definition) is 1. The molecule has 1 aromatic carbocycles. The van der Waals surface area contributed by atoms with Crippen molar-refractivity contribution in [2.45, 2.75) is 33.1 Å². The van der Waals surface area contributed by atoms with Crippen LogP contribution in [0, 0.1) is 0 Å². The molecule has 3 aromatic rings.